The Kier molecular flexibility index (Phi) is 2.10. The van der Waals surface area contributed by atoms with Gasteiger partial charge < -0.3 is 4.74 Å². The standard InChI is InChI=1S/C10H14O3/c1-6(11)13-9-5-3-7-2-4-8(9)10(7)12/h7-9H,2-5H2,1H3/t7-,8+,9+/m1/s1. The highest BCUT2D eigenvalue weighted by molar-refractivity contribution is 5.87. The first-order valence-corrected chi connectivity index (χ1v) is 4.89. The molecule has 2 bridgehead atoms. The van der Waals surface area contributed by atoms with Gasteiger partial charge in [0, 0.05) is 12.8 Å². The number of ether oxygens (including phenoxy) is 1. The molecule has 0 radical (unpaired) electrons. The Morgan fingerprint density at radius 1 is 1.31 bits per heavy atom. The van der Waals surface area contributed by atoms with Crippen LogP contribution >= 0.6 is 0 Å². The summed E-state index contributed by atoms with van der Waals surface area (Å²) in [5, 5.41) is 0. The Morgan fingerprint density at radius 3 is 2.69 bits per heavy atom. The van der Waals surface area contributed by atoms with Crippen molar-refractivity contribution in [3.8, 4) is 0 Å². The Bertz CT molecular complexity index is 247. The summed E-state index contributed by atoms with van der Waals surface area (Å²) in [5.41, 5.74) is 0. The minimum Gasteiger partial charge on any atom is -0.462 e. The molecule has 72 valence electrons. The van der Waals surface area contributed by atoms with Crippen LogP contribution in [0.25, 0.3) is 0 Å². The molecule has 13 heavy (non-hydrogen) atoms. The second-order valence-corrected chi connectivity index (χ2v) is 4.01. The van der Waals surface area contributed by atoms with Crippen LogP contribution in [0, 0.1) is 11.8 Å². The highest BCUT2D eigenvalue weighted by Gasteiger charge is 2.44. The molecule has 0 heterocycles. The van der Waals surface area contributed by atoms with E-state index in [0.717, 1.165) is 25.7 Å². The fourth-order valence-corrected chi connectivity index (χ4v) is 2.54. The van der Waals surface area contributed by atoms with Gasteiger partial charge in [-0.15, -0.1) is 0 Å². The van der Waals surface area contributed by atoms with Crippen LogP contribution in [-0.4, -0.2) is 17.9 Å². The molecule has 3 atom stereocenters. The molecule has 0 spiro atoms. The van der Waals surface area contributed by atoms with Gasteiger partial charge in [-0.1, -0.05) is 0 Å². The van der Waals surface area contributed by atoms with E-state index in [2.05, 4.69) is 0 Å². The van der Waals surface area contributed by atoms with Gasteiger partial charge in [0.1, 0.15) is 11.9 Å². The molecular formula is C10H14O3. The third kappa shape index (κ3) is 1.47. The van der Waals surface area contributed by atoms with Gasteiger partial charge in [0.25, 0.3) is 0 Å². The van der Waals surface area contributed by atoms with Crippen molar-refractivity contribution in [1.82, 2.24) is 0 Å². The zero-order valence-electron chi connectivity index (χ0n) is 7.79. The summed E-state index contributed by atoms with van der Waals surface area (Å²) in [5.74, 6) is 0.361. The zero-order chi connectivity index (χ0) is 9.42. The summed E-state index contributed by atoms with van der Waals surface area (Å²) in [7, 11) is 0. The number of hydrogen-bond acceptors (Lipinski definition) is 3. The van der Waals surface area contributed by atoms with Crippen molar-refractivity contribution in [2.24, 2.45) is 11.8 Å². The third-order valence-corrected chi connectivity index (χ3v) is 3.16. The predicted molar refractivity (Wildman–Crippen MR) is 46.0 cm³/mol. The van der Waals surface area contributed by atoms with Crippen molar-refractivity contribution < 1.29 is 14.3 Å². The van der Waals surface area contributed by atoms with E-state index >= 15 is 0 Å². The number of hydrogen-bond donors (Lipinski definition) is 0. The van der Waals surface area contributed by atoms with Gasteiger partial charge >= 0.3 is 5.97 Å². The summed E-state index contributed by atoms with van der Waals surface area (Å²) >= 11 is 0. The lowest BCUT2D eigenvalue weighted by molar-refractivity contribution is -0.153. The number of Topliss-reactive ketones (excluding diaryl/α,β-unsaturated/α-hetero) is 1. The molecule has 2 fully saturated rings. The van der Waals surface area contributed by atoms with Gasteiger partial charge in [0.2, 0.25) is 0 Å². The molecule has 2 saturated carbocycles. The SMILES string of the molecule is CC(=O)O[C@H]1CC[C@H]2CC[C@@H]1C2=O. The maximum absolute atomic E-state index is 11.6. The van der Waals surface area contributed by atoms with E-state index in [1.165, 1.54) is 6.92 Å². The first-order valence-electron chi connectivity index (χ1n) is 4.89. The molecule has 2 rings (SSSR count). The number of esters is 1. The molecule has 0 saturated heterocycles. The van der Waals surface area contributed by atoms with Gasteiger partial charge in [-0.2, -0.15) is 0 Å². The van der Waals surface area contributed by atoms with Crippen molar-refractivity contribution in [2.45, 2.75) is 38.7 Å². The molecule has 0 unspecified atom stereocenters. The highest BCUT2D eigenvalue weighted by atomic mass is 16.5. The number of carbonyl (C=O) groups excluding carboxylic acids is 2. The average molecular weight is 182 g/mol. The summed E-state index contributed by atoms with van der Waals surface area (Å²) in [6.45, 7) is 1.41. The number of carbonyl (C=O) groups is 2. The van der Waals surface area contributed by atoms with Crippen LogP contribution in [0.1, 0.15) is 32.6 Å². The van der Waals surface area contributed by atoms with Gasteiger partial charge in [-0.25, -0.2) is 0 Å². The third-order valence-electron chi connectivity index (χ3n) is 3.16. The minimum absolute atomic E-state index is 0.0163. The van der Waals surface area contributed by atoms with Crippen LogP contribution in [-0.2, 0) is 14.3 Å². The Labute approximate surface area is 77.4 Å². The van der Waals surface area contributed by atoms with E-state index in [4.69, 9.17) is 4.74 Å². The van der Waals surface area contributed by atoms with Gasteiger partial charge in [-0.05, 0) is 25.7 Å². The quantitative estimate of drug-likeness (QED) is 0.574. The van der Waals surface area contributed by atoms with Gasteiger partial charge in [0.05, 0.1) is 5.92 Å². The second-order valence-electron chi connectivity index (χ2n) is 4.01. The van der Waals surface area contributed by atoms with Gasteiger partial charge in [-0.3, -0.25) is 9.59 Å². The lowest BCUT2D eigenvalue weighted by atomic mass is 9.85. The van der Waals surface area contributed by atoms with E-state index in [1.807, 2.05) is 0 Å². The molecule has 0 amide bonds. The molecule has 0 aromatic rings. The molecule has 3 nitrogen and oxygen atoms in total. The first kappa shape index (κ1) is 8.73. The smallest absolute Gasteiger partial charge is 0.302 e. The molecule has 0 aromatic heterocycles. The van der Waals surface area contributed by atoms with Crippen LogP contribution in [0.15, 0.2) is 0 Å². The minimum atomic E-state index is -0.261. The van der Waals surface area contributed by atoms with Crippen molar-refractivity contribution in [3.05, 3.63) is 0 Å². The first-order chi connectivity index (χ1) is 6.18. The van der Waals surface area contributed by atoms with E-state index in [9.17, 15) is 9.59 Å². The normalized spacial score (nSPS) is 37.6. The van der Waals surface area contributed by atoms with Crippen molar-refractivity contribution >= 4 is 11.8 Å². The number of ketones is 1. The molecule has 0 aromatic carbocycles. The lowest BCUT2D eigenvalue weighted by Gasteiger charge is -2.26. The van der Waals surface area contributed by atoms with Crippen LogP contribution in [0.4, 0.5) is 0 Å². The molecular weight excluding hydrogens is 168 g/mol. The number of fused-ring (bicyclic) bond motifs is 2. The summed E-state index contributed by atoms with van der Waals surface area (Å²) < 4.78 is 5.13. The summed E-state index contributed by atoms with van der Waals surface area (Å²) in [6.07, 6.45) is 3.58. The number of rotatable bonds is 1. The molecule has 2 aliphatic carbocycles. The largest absolute Gasteiger partial charge is 0.462 e. The van der Waals surface area contributed by atoms with E-state index in [-0.39, 0.29) is 23.9 Å². The Morgan fingerprint density at radius 2 is 2.00 bits per heavy atom. The van der Waals surface area contributed by atoms with Crippen LogP contribution in [0.2, 0.25) is 0 Å². The highest BCUT2D eigenvalue weighted by Crippen LogP contribution is 2.40. The molecule has 3 heteroatoms. The monoisotopic (exact) mass is 182 g/mol. The average Bonchev–Trinajstić information content (AvgIpc) is 2.31. The topological polar surface area (TPSA) is 43.4 Å². The zero-order valence-corrected chi connectivity index (χ0v) is 7.79. The second kappa shape index (κ2) is 3.13. The molecule has 2 aliphatic rings. The maximum Gasteiger partial charge on any atom is 0.302 e. The Balaban J connectivity index is 2.06. The summed E-state index contributed by atoms with van der Waals surface area (Å²) in [4.78, 5) is 22.3. The fraction of sp³-hybridized carbons (Fsp3) is 0.800. The Hall–Kier alpha value is -0.860. The van der Waals surface area contributed by atoms with Crippen molar-refractivity contribution in [3.63, 3.8) is 0 Å². The fourth-order valence-electron chi connectivity index (χ4n) is 2.54. The lowest BCUT2D eigenvalue weighted by Crippen LogP contribution is -2.35. The maximum atomic E-state index is 11.6. The van der Waals surface area contributed by atoms with Gasteiger partial charge in [0.15, 0.2) is 0 Å². The van der Waals surface area contributed by atoms with Crippen LogP contribution in [0.3, 0.4) is 0 Å². The van der Waals surface area contributed by atoms with E-state index in [1.54, 1.807) is 0 Å². The molecule has 0 N–H and O–H groups in total. The molecule has 0 aliphatic heterocycles. The van der Waals surface area contributed by atoms with Crippen LogP contribution in [0.5, 0.6) is 0 Å². The van der Waals surface area contributed by atoms with E-state index < -0.39 is 0 Å². The van der Waals surface area contributed by atoms with E-state index in [0.29, 0.717) is 5.78 Å². The van der Waals surface area contributed by atoms with Crippen molar-refractivity contribution in [2.75, 3.05) is 0 Å². The predicted octanol–water partition coefficient (Wildman–Crippen LogP) is 1.31. The van der Waals surface area contributed by atoms with Crippen LogP contribution < -0.4 is 0 Å². The summed E-state index contributed by atoms with van der Waals surface area (Å²) in [6, 6.07) is 0. The van der Waals surface area contributed by atoms with Crippen molar-refractivity contribution in [1.29, 1.82) is 0 Å².